The maximum Gasteiger partial charge on any atom is 0.221 e. The van der Waals surface area contributed by atoms with Crippen molar-refractivity contribution in [3.05, 3.63) is 11.6 Å². The second kappa shape index (κ2) is 5.66. The van der Waals surface area contributed by atoms with Crippen LogP contribution in [0.25, 0.3) is 0 Å². The summed E-state index contributed by atoms with van der Waals surface area (Å²) in [6, 6.07) is 0. The Morgan fingerprint density at radius 2 is 1.88 bits per heavy atom. The second-order valence-electron chi connectivity index (χ2n) is 9.43. The molecule has 0 unspecified atom stereocenters. The highest BCUT2D eigenvalue weighted by Gasteiger charge is 2.63. The number of hydrogen-bond donors (Lipinski definition) is 1. The van der Waals surface area contributed by atoms with Crippen LogP contribution in [-0.4, -0.2) is 28.2 Å². The smallest absolute Gasteiger partial charge is 0.221 e. The molecule has 3 saturated carbocycles. The minimum atomic E-state index is -0.639. The van der Waals surface area contributed by atoms with Crippen molar-refractivity contribution in [3.8, 4) is 0 Å². The largest absolute Gasteiger partial charge is 0.389 e. The van der Waals surface area contributed by atoms with E-state index in [0.717, 1.165) is 38.5 Å². The maximum atomic E-state index is 12.2. The number of aliphatic hydroxyl groups is 1. The molecule has 4 heteroatoms. The molecule has 3 nitrogen and oxygen atoms in total. The van der Waals surface area contributed by atoms with E-state index in [9.17, 15) is 14.7 Å². The van der Waals surface area contributed by atoms with Crippen molar-refractivity contribution in [1.82, 2.24) is 0 Å². The first-order chi connectivity index (χ1) is 11.7. The average Bonchev–Trinajstić information content (AvgIpc) is 2.81. The summed E-state index contributed by atoms with van der Waals surface area (Å²) in [5, 5.41) is 11.3. The van der Waals surface area contributed by atoms with Gasteiger partial charge in [0.15, 0.2) is 0 Å². The van der Waals surface area contributed by atoms with Crippen molar-refractivity contribution in [1.29, 1.82) is 0 Å². The van der Waals surface area contributed by atoms with Crippen LogP contribution in [0.5, 0.6) is 0 Å². The Balaban J connectivity index is 1.68. The Kier molecular flexibility index (Phi) is 4.01. The molecule has 1 N–H and O–H groups in total. The number of hydrogen-bond acceptors (Lipinski definition) is 3. The van der Waals surface area contributed by atoms with E-state index in [1.165, 1.54) is 5.57 Å². The summed E-state index contributed by atoms with van der Waals surface area (Å²) in [7, 11) is 0. The van der Waals surface area contributed by atoms with Gasteiger partial charge in [-0.15, -0.1) is 11.6 Å². The molecule has 138 valence electrons. The Bertz CT molecular complexity index is 656. The number of fused-ring (bicyclic) bond motifs is 5. The highest BCUT2D eigenvalue weighted by atomic mass is 35.5. The summed E-state index contributed by atoms with van der Waals surface area (Å²) in [5.74, 6) is 1.50. The van der Waals surface area contributed by atoms with Gasteiger partial charge in [-0.2, -0.15) is 0 Å². The number of Topliss-reactive ketones (excluding diaryl/α,β-unsaturated/α-hetero) is 1. The van der Waals surface area contributed by atoms with Gasteiger partial charge >= 0.3 is 0 Å². The molecular weight excluding hydrogens is 336 g/mol. The number of alkyl halides is 1. The van der Waals surface area contributed by atoms with Gasteiger partial charge in [-0.25, -0.2) is 0 Å². The summed E-state index contributed by atoms with van der Waals surface area (Å²) in [5.41, 5.74) is 0.355. The lowest BCUT2D eigenvalue weighted by Gasteiger charge is -2.59. The van der Waals surface area contributed by atoms with Crippen LogP contribution in [-0.2, 0) is 9.59 Å². The first-order valence-corrected chi connectivity index (χ1v) is 10.4. The van der Waals surface area contributed by atoms with Crippen LogP contribution < -0.4 is 0 Å². The third-order valence-electron chi connectivity index (χ3n) is 8.67. The summed E-state index contributed by atoms with van der Waals surface area (Å²) in [6.07, 6.45) is 8.67. The molecule has 0 bridgehead atoms. The van der Waals surface area contributed by atoms with Gasteiger partial charge in [0.1, 0.15) is 0 Å². The van der Waals surface area contributed by atoms with E-state index < -0.39 is 5.60 Å². The molecule has 0 aromatic carbocycles. The van der Waals surface area contributed by atoms with Crippen molar-refractivity contribution in [2.45, 2.75) is 70.8 Å². The van der Waals surface area contributed by atoms with Crippen molar-refractivity contribution >= 4 is 23.2 Å². The lowest BCUT2D eigenvalue weighted by atomic mass is 9.46. The predicted octanol–water partition coefficient (Wildman–Crippen LogP) is 4.06. The van der Waals surface area contributed by atoms with Gasteiger partial charge in [0.2, 0.25) is 11.6 Å². The molecule has 0 amide bonds. The van der Waals surface area contributed by atoms with Gasteiger partial charge in [0, 0.05) is 12.3 Å². The molecular formula is C21H29ClO3. The quantitative estimate of drug-likeness (QED) is 0.593. The zero-order valence-corrected chi connectivity index (χ0v) is 16.1. The molecule has 6 atom stereocenters. The molecule has 0 aromatic rings. The number of carbonyl (C=O) groups excluding carboxylic acids is 2. The zero-order valence-electron chi connectivity index (χ0n) is 15.3. The van der Waals surface area contributed by atoms with Crippen LogP contribution in [0.15, 0.2) is 11.6 Å². The van der Waals surface area contributed by atoms with Crippen LogP contribution >= 0.6 is 11.6 Å². The molecule has 0 radical (unpaired) electrons. The minimum absolute atomic E-state index is 0.0604. The summed E-state index contributed by atoms with van der Waals surface area (Å²) in [6.45, 7) is 4.49. The molecule has 0 saturated heterocycles. The molecule has 25 heavy (non-hydrogen) atoms. The standard InChI is InChI=1S/C21H29ClO3/c1-19-12-18(24)17(23)11-13(19)3-4-14-15(19)5-7-20(2)16(14)6-8-21(20,25)9-10-22/h11,14-16,25H,3-10,12H2,1-2H3/t14-,15+,16+,19+,20+,21+/m1/s1. The SMILES string of the molecule is C[C@]12CC(=O)C(=O)C=C1CC[C@@H]1[C@@H]2CC[C@@]2(C)[C@H]1CC[C@]2(O)CCCl. The Labute approximate surface area is 155 Å². The highest BCUT2D eigenvalue weighted by molar-refractivity contribution is 6.42. The van der Waals surface area contributed by atoms with Crippen LogP contribution in [0.3, 0.4) is 0 Å². The van der Waals surface area contributed by atoms with E-state index in [0.29, 0.717) is 36.5 Å². The van der Waals surface area contributed by atoms with Gasteiger partial charge in [0.05, 0.1) is 5.60 Å². The van der Waals surface area contributed by atoms with Gasteiger partial charge in [0.25, 0.3) is 0 Å². The van der Waals surface area contributed by atoms with Crippen LogP contribution in [0.1, 0.15) is 65.2 Å². The molecule has 0 spiro atoms. The van der Waals surface area contributed by atoms with E-state index in [4.69, 9.17) is 11.6 Å². The molecule has 0 heterocycles. The summed E-state index contributed by atoms with van der Waals surface area (Å²) >= 11 is 6.01. The second-order valence-corrected chi connectivity index (χ2v) is 9.81. The van der Waals surface area contributed by atoms with Crippen LogP contribution in [0.4, 0.5) is 0 Å². The molecule has 3 fully saturated rings. The Hall–Kier alpha value is -0.670. The predicted molar refractivity (Wildman–Crippen MR) is 97.4 cm³/mol. The third kappa shape index (κ3) is 2.27. The number of ketones is 2. The fourth-order valence-corrected chi connectivity index (χ4v) is 7.46. The lowest BCUT2D eigenvalue weighted by Crippen LogP contribution is -2.55. The normalized spacial score (nSPS) is 49.3. The zero-order chi connectivity index (χ0) is 18.0. The Morgan fingerprint density at radius 3 is 2.60 bits per heavy atom. The van der Waals surface area contributed by atoms with E-state index >= 15 is 0 Å². The molecule has 4 aliphatic rings. The third-order valence-corrected chi connectivity index (χ3v) is 8.86. The van der Waals surface area contributed by atoms with Crippen molar-refractivity contribution in [3.63, 3.8) is 0 Å². The molecule has 0 aromatic heterocycles. The number of carbonyl (C=O) groups is 2. The first kappa shape index (κ1) is 17.7. The molecule has 0 aliphatic heterocycles. The van der Waals surface area contributed by atoms with Gasteiger partial charge in [-0.3, -0.25) is 9.59 Å². The van der Waals surface area contributed by atoms with Crippen LogP contribution in [0, 0.1) is 28.6 Å². The van der Waals surface area contributed by atoms with E-state index in [1.807, 2.05) is 0 Å². The van der Waals surface area contributed by atoms with Crippen molar-refractivity contribution in [2.24, 2.45) is 28.6 Å². The molecule has 4 rings (SSSR count). The topological polar surface area (TPSA) is 54.4 Å². The average molecular weight is 365 g/mol. The van der Waals surface area contributed by atoms with Gasteiger partial charge < -0.3 is 5.11 Å². The van der Waals surface area contributed by atoms with E-state index in [2.05, 4.69) is 13.8 Å². The van der Waals surface area contributed by atoms with Crippen LogP contribution in [0.2, 0.25) is 0 Å². The maximum absolute atomic E-state index is 12.2. The van der Waals surface area contributed by atoms with Crippen molar-refractivity contribution < 1.29 is 14.7 Å². The minimum Gasteiger partial charge on any atom is -0.389 e. The number of allylic oxidation sites excluding steroid dienone is 1. The lowest BCUT2D eigenvalue weighted by molar-refractivity contribution is -0.142. The first-order valence-electron chi connectivity index (χ1n) is 9.82. The monoisotopic (exact) mass is 364 g/mol. The number of rotatable bonds is 2. The number of halogens is 1. The highest BCUT2D eigenvalue weighted by Crippen LogP contribution is 2.67. The van der Waals surface area contributed by atoms with Gasteiger partial charge in [-0.1, -0.05) is 19.4 Å². The van der Waals surface area contributed by atoms with E-state index in [1.54, 1.807) is 6.08 Å². The Morgan fingerprint density at radius 1 is 1.16 bits per heavy atom. The summed E-state index contributed by atoms with van der Waals surface area (Å²) in [4.78, 5) is 24.0. The summed E-state index contributed by atoms with van der Waals surface area (Å²) < 4.78 is 0. The van der Waals surface area contributed by atoms with Crippen molar-refractivity contribution in [2.75, 3.05) is 5.88 Å². The fourth-order valence-electron chi connectivity index (χ4n) is 7.15. The fraction of sp³-hybridized carbons (Fsp3) is 0.810. The molecule has 4 aliphatic carbocycles. The van der Waals surface area contributed by atoms with Gasteiger partial charge in [-0.05, 0) is 79.6 Å². The van der Waals surface area contributed by atoms with E-state index in [-0.39, 0.29) is 22.4 Å².